The van der Waals surface area contributed by atoms with E-state index in [1.165, 1.54) is 5.01 Å². The number of aliphatic imine (C=N–C) groups is 1. The second kappa shape index (κ2) is 11.6. The highest BCUT2D eigenvalue weighted by molar-refractivity contribution is 6.74. The van der Waals surface area contributed by atoms with Crippen molar-refractivity contribution in [1.82, 2.24) is 15.3 Å². The first-order chi connectivity index (χ1) is 18.8. The average molecular weight is 560 g/mol. The molecule has 1 fully saturated rings. The number of nitrogens with two attached hydrogens (primary N) is 1. The summed E-state index contributed by atoms with van der Waals surface area (Å²) in [5.74, 6) is 1.47. The highest BCUT2D eigenvalue weighted by Crippen LogP contribution is 2.37. The van der Waals surface area contributed by atoms with Crippen LogP contribution in [0.1, 0.15) is 43.0 Å². The molecule has 0 spiro atoms. The number of amides is 2. The molecule has 0 saturated carbocycles. The lowest BCUT2D eigenvalue weighted by molar-refractivity contribution is -0.709. The van der Waals surface area contributed by atoms with Crippen LogP contribution in [0.3, 0.4) is 0 Å². The summed E-state index contributed by atoms with van der Waals surface area (Å²) in [6.07, 6.45) is 1.95. The fourth-order valence-corrected chi connectivity index (χ4v) is 5.10. The fourth-order valence-electron chi connectivity index (χ4n) is 4.07. The SMILES string of the molecule is Cc1ccc(CN2C(=O)NC(=NCc3cccnc3N)C(Cc3ccc(O[Si](C)(C)C(C)(C)C)cc3)[N+]2=O)cc1. The van der Waals surface area contributed by atoms with Crippen LogP contribution >= 0.6 is 0 Å². The number of anilines is 1. The van der Waals surface area contributed by atoms with Crippen LogP contribution in [0.4, 0.5) is 10.6 Å². The number of hydrogen-bond donors (Lipinski definition) is 2. The van der Waals surface area contributed by atoms with E-state index in [1.54, 1.807) is 12.3 Å². The highest BCUT2D eigenvalue weighted by atomic mass is 28.4. The molecular weight excluding hydrogens is 520 g/mol. The van der Waals surface area contributed by atoms with Gasteiger partial charge in [-0.1, -0.05) is 68.8 Å². The predicted molar refractivity (Wildman–Crippen MR) is 160 cm³/mol. The van der Waals surface area contributed by atoms with Crippen LogP contribution in [-0.4, -0.2) is 41.1 Å². The zero-order valence-corrected chi connectivity index (χ0v) is 25.1. The van der Waals surface area contributed by atoms with Gasteiger partial charge in [-0.25, -0.2) is 9.78 Å². The Kier molecular flexibility index (Phi) is 8.39. The maximum atomic E-state index is 13.7. The van der Waals surface area contributed by atoms with Crippen LogP contribution in [0.25, 0.3) is 0 Å². The van der Waals surface area contributed by atoms with E-state index in [0.717, 1.165) is 32.9 Å². The maximum Gasteiger partial charge on any atom is 0.379 e. The molecule has 1 saturated heterocycles. The first kappa shape index (κ1) is 28.9. The molecule has 1 unspecified atom stereocenters. The van der Waals surface area contributed by atoms with E-state index in [9.17, 15) is 9.70 Å². The third-order valence-corrected chi connectivity index (χ3v) is 12.0. The van der Waals surface area contributed by atoms with Gasteiger partial charge in [0.05, 0.1) is 11.5 Å². The average Bonchev–Trinajstić information content (AvgIpc) is 2.89. The number of aryl methyl sites for hydroxylation is 1. The van der Waals surface area contributed by atoms with Crippen molar-refractivity contribution in [2.45, 2.75) is 71.4 Å². The van der Waals surface area contributed by atoms with Gasteiger partial charge in [0.25, 0.3) is 6.04 Å². The van der Waals surface area contributed by atoms with Crippen molar-refractivity contribution in [1.29, 1.82) is 0 Å². The summed E-state index contributed by atoms with van der Waals surface area (Å²) < 4.78 is 6.42. The van der Waals surface area contributed by atoms with Crippen LogP contribution in [-0.2, 0) is 19.5 Å². The second-order valence-electron chi connectivity index (χ2n) is 11.8. The molecule has 1 aliphatic heterocycles. The molecule has 2 aromatic carbocycles. The Bertz CT molecular complexity index is 1400. The minimum Gasteiger partial charge on any atom is -0.544 e. The first-order valence-electron chi connectivity index (χ1n) is 13.5. The smallest absolute Gasteiger partial charge is 0.379 e. The van der Waals surface area contributed by atoms with Crippen molar-refractivity contribution >= 4 is 26.0 Å². The number of pyridine rings is 1. The number of nitrogens with zero attached hydrogens (tertiary/aromatic N) is 4. The van der Waals surface area contributed by atoms with Crippen molar-refractivity contribution in [3.05, 3.63) is 94.0 Å². The second-order valence-corrected chi connectivity index (χ2v) is 16.5. The van der Waals surface area contributed by atoms with Gasteiger partial charge in [-0.3, -0.25) is 10.3 Å². The Hall–Kier alpha value is -4.05. The molecular formula is C30H39N6O3Si+. The highest BCUT2D eigenvalue weighted by Gasteiger charge is 2.46. The molecule has 210 valence electrons. The van der Waals surface area contributed by atoms with Gasteiger partial charge in [-0.15, -0.1) is 0 Å². The summed E-state index contributed by atoms with van der Waals surface area (Å²) >= 11 is 0. The van der Waals surface area contributed by atoms with Crippen molar-refractivity contribution in [2.24, 2.45) is 4.99 Å². The Morgan fingerprint density at radius 1 is 1.07 bits per heavy atom. The number of hydrazine groups is 1. The predicted octanol–water partition coefficient (Wildman–Crippen LogP) is 5.79. The summed E-state index contributed by atoms with van der Waals surface area (Å²) in [6.45, 7) is 13.4. The largest absolute Gasteiger partial charge is 0.544 e. The van der Waals surface area contributed by atoms with E-state index in [4.69, 9.17) is 10.2 Å². The van der Waals surface area contributed by atoms with E-state index in [-0.39, 0.29) is 18.1 Å². The molecule has 1 aromatic heterocycles. The fraction of sp³-hybridized carbons (Fsp3) is 0.367. The number of nitrogen functional groups attached to an aromatic ring is 1. The lowest BCUT2D eigenvalue weighted by atomic mass is 10.0. The molecule has 2 heterocycles. The molecule has 9 nitrogen and oxygen atoms in total. The van der Waals surface area contributed by atoms with Crippen LogP contribution in [0.15, 0.2) is 71.9 Å². The zero-order chi connectivity index (χ0) is 29.1. The van der Waals surface area contributed by atoms with Gasteiger partial charge in [0.15, 0.2) is 5.84 Å². The lowest BCUT2D eigenvalue weighted by Crippen LogP contribution is -2.61. The van der Waals surface area contributed by atoms with E-state index in [0.29, 0.717) is 18.1 Å². The van der Waals surface area contributed by atoms with Crippen LogP contribution < -0.4 is 15.5 Å². The van der Waals surface area contributed by atoms with Crippen molar-refractivity contribution in [2.75, 3.05) is 5.73 Å². The van der Waals surface area contributed by atoms with Crippen LogP contribution in [0.5, 0.6) is 5.75 Å². The number of benzene rings is 2. The monoisotopic (exact) mass is 559 g/mol. The summed E-state index contributed by atoms with van der Waals surface area (Å²) in [4.78, 5) is 36.2. The first-order valence-corrected chi connectivity index (χ1v) is 16.4. The molecule has 0 bridgehead atoms. The minimum atomic E-state index is -1.98. The standard InChI is InChI=1S/C30H38N6O3Si/c1-21-9-11-23(12-10-21)20-35-29(37)34-28(33-19-24-8-7-17-32-27(24)31)26(36(35)38)18-22-13-15-25(16-14-22)39-40(5,6)30(2,3)4/h7-17,26H,18-20H2,1-6H3,(H2-,31,32,33,34,37)/p+1. The normalized spacial score (nSPS) is 17.2. The van der Waals surface area contributed by atoms with Crippen LogP contribution in [0.2, 0.25) is 18.1 Å². The molecule has 10 heteroatoms. The number of carbonyl (C=O) groups is 1. The number of nitroso groups, excluding NO2 is 1. The summed E-state index contributed by atoms with van der Waals surface area (Å²) in [5.41, 5.74) is 9.60. The molecule has 0 radical (unpaired) electrons. The van der Waals surface area contributed by atoms with E-state index >= 15 is 0 Å². The zero-order valence-electron chi connectivity index (χ0n) is 24.1. The molecule has 40 heavy (non-hydrogen) atoms. The molecule has 4 rings (SSSR count). The number of nitrogens with one attached hydrogen (secondary N) is 1. The topological polar surface area (TPSA) is 113 Å². The number of aromatic nitrogens is 1. The van der Waals surface area contributed by atoms with Gasteiger partial charge in [-0.05, 0) is 59.4 Å². The third kappa shape index (κ3) is 6.74. The number of hydrogen-bond acceptors (Lipinski definition) is 6. The van der Waals surface area contributed by atoms with Crippen molar-refractivity contribution in [3.63, 3.8) is 0 Å². The van der Waals surface area contributed by atoms with Gasteiger partial charge in [0, 0.05) is 18.2 Å². The number of rotatable bonds is 8. The lowest BCUT2D eigenvalue weighted by Gasteiger charge is -2.36. The van der Waals surface area contributed by atoms with E-state index < -0.39 is 20.4 Å². The van der Waals surface area contributed by atoms with Gasteiger partial charge in [0.2, 0.25) is 8.32 Å². The van der Waals surface area contributed by atoms with Gasteiger partial charge >= 0.3 is 6.03 Å². The Labute approximate surface area is 237 Å². The van der Waals surface area contributed by atoms with Gasteiger partial charge in [-0.2, -0.15) is 0 Å². The summed E-state index contributed by atoms with van der Waals surface area (Å²) in [5, 5.41) is 4.13. The Morgan fingerprint density at radius 2 is 1.73 bits per heavy atom. The Morgan fingerprint density at radius 3 is 2.35 bits per heavy atom. The molecule has 2 amide bonds. The molecule has 3 N–H and O–H groups in total. The van der Waals surface area contributed by atoms with Crippen LogP contribution in [0, 0.1) is 11.8 Å². The van der Waals surface area contributed by atoms with Crippen molar-refractivity contribution in [3.8, 4) is 5.75 Å². The van der Waals surface area contributed by atoms with Crippen molar-refractivity contribution < 1.29 is 14.1 Å². The van der Waals surface area contributed by atoms with E-state index in [1.807, 2.05) is 61.5 Å². The van der Waals surface area contributed by atoms with E-state index in [2.05, 4.69) is 49.2 Å². The maximum absolute atomic E-state index is 13.7. The summed E-state index contributed by atoms with van der Waals surface area (Å²) in [6, 6.07) is 17.9. The number of amidine groups is 1. The quantitative estimate of drug-likeness (QED) is 0.268. The van der Waals surface area contributed by atoms with Gasteiger partial charge < -0.3 is 10.2 Å². The molecule has 1 atom stereocenters. The van der Waals surface area contributed by atoms with Gasteiger partial charge in [0.1, 0.15) is 23.0 Å². The summed E-state index contributed by atoms with van der Waals surface area (Å²) in [7, 11) is -1.98. The molecule has 3 aromatic rings. The Balaban J connectivity index is 1.59. The molecule has 0 aliphatic carbocycles. The number of urea groups is 1. The molecule has 1 aliphatic rings. The third-order valence-electron chi connectivity index (χ3n) is 7.62. The number of carbonyl (C=O) groups excluding carboxylic acids is 1. The minimum absolute atomic E-state index is 0.0823.